The lowest BCUT2D eigenvalue weighted by atomic mass is 10.4. The first-order valence-electron chi connectivity index (χ1n) is 4.18. The largest absolute Gasteiger partial charge is 0.312 e. The van der Waals surface area contributed by atoms with Crippen LogP contribution in [0.2, 0.25) is 0 Å². The van der Waals surface area contributed by atoms with Crippen LogP contribution in [-0.2, 0) is 6.54 Å². The van der Waals surface area contributed by atoms with Gasteiger partial charge in [-0.25, -0.2) is 4.98 Å². The molecule has 13 heavy (non-hydrogen) atoms. The molecule has 68 valence electrons. The van der Waals surface area contributed by atoms with Gasteiger partial charge >= 0.3 is 0 Å². The van der Waals surface area contributed by atoms with Gasteiger partial charge in [-0.2, -0.15) is 0 Å². The molecule has 2 aromatic heterocycles. The summed E-state index contributed by atoms with van der Waals surface area (Å²) in [6, 6.07) is 0. The fourth-order valence-corrected chi connectivity index (χ4v) is 1.71. The highest BCUT2D eigenvalue weighted by molar-refractivity contribution is 7.07. The molecule has 0 aromatic carbocycles. The molecule has 0 spiro atoms. The van der Waals surface area contributed by atoms with Crippen molar-refractivity contribution in [3.8, 4) is 11.5 Å². The topological polar surface area (TPSA) is 43.6 Å². The normalized spacial score (nSPS) is 10.5. The number of rotatable bonds is 3. The smallest absolute Gasteiger partial charge is 0.183 e. The van der Waals surface area contributed by atoms with Crippen molar-refractivity contribution in [1.82, 2.24) is 19.7 Å². The Morgan fingerprint density at radius 2 is 2.46 bits per heavy atom. The molecule has 4 nitrogen and oxygen atoms in total. The van der Waals surface area contributed by atoms with Crippen LogP contribution >= 0.6 is 11.3 Å². The molecule has 0 atom stereocenters. The number of nitrogens with zero attached hydrogens (tertiary/aromatic N) is 4. The maximum absolute atomic E-state index is 4.20. The zero-order chi connectivity index (χ0) is 9.10. The average Bonchev–Trinajstić information content (AvgIpc) is 2.71. The van der Waals surface area contributed by atoms with Gasteiger partial charge in [0.05, 0.1) is 5.51 Å². The Balaban J connectivity index is 2.35. The van der Waals surface area contributed by atoms with Gasteiger partial charge in [-0.1, -0.05) is 6.92 Å². The average molecular weight is 194 g/mol. The monoisotopic (exact) mass is 194 g/mol. The van der Waals surface area contributed by atoms with E-state index in [0.717, 1.165) is 24.5 Å². The molecule has 0 aliphatic heterocycles. The van der Waals surface area contributed by atoms with Crippen molar-refractivity contribution in [2.75, 3.05) is 0 Å². The molecule has 0 aliphatic carbocycles. The van der Waals surface area contributed by atoms with Gasteiger partial charge in [-0.15, -0.1) is 21.5 Å². The Kier molecular flexibility index (Phi) is 2.35. The van der Waals surface area contributed by atoms with Crippen LogP contribution in [0, 0.1) is 0 Å². The van der Waals surface area contributed by atoms with E-state index in [0.29, 0.717) is 0 Å². The Hall–Kier alpha value is -1.23. The lowest BCUT2D eigenvalue weighted by Crippen LogP contribution is -1.98. The molecule has 0 N–H and O–H groups in total. The van der Waals surface area contributed by atoms with E-state index in [-0.39, 0.29) is 0 Å². The maximum atomic E-state index is 4.20. The molecule has 0 unspecified atom stereocenters. The highest BCUT2D eigenvalue weighted by atomic mass is 32.1. The van der Waals surface area contributed by atoms with Crippen LogP contribution < -0.4 is 0 Å². The van der Waals surface area contributed by atoms with Crippen LogP contribution in [-0.4, -0.2) is 19.7 Å². The molecule has 0 radical (unpaired) electrons. The second-order valence-electron chi connectivity index (χ2n) is 2.72. The Bertz CT molecular complexity index is 365. The third kappa shape index (κ3) is 1.60. The minimum atomic E-state index is 0.864. The minimum absolute atomic E-state index is 0.864. The molecule has 0 aliphatic rings. The number of thiazole rings is 1. The number of hydrogen-bond acceptors (Lipinski definition) is 4. The lowest BCUT2D eigenvalue weighted by molar-refractivity contribution is 0.681. The fourth-order valence-electron chi connectivity index (χ4n) is 1.18. The van der Waals surface area contributed by atoms with Crippen LogP contribution in [0.25, 0.3) is 11.5 Å². The summed E-state index contributed by atoms with van der Waals surface area (Å²) in [5, 5.41) is 9.89. The summed E-state index contributed by atoms with van der Waals surface area (Å²) in [6.45, 7) is 3.07. The molecule has 0 saturated heterocycles. The summed E-state index contributed by atoms with van der Waals surface area (Å²) in [4.78, 5) is 4.20. The van der Waals surface area contributed by atoms with Gasteiger partial charge in [0.1, 0.15) is 12.0 Å². The van der Waals surface area contributed by atoms with Crippen molar-refractivity contribution in [1.29, 1.82) is 0 Å². The van der Waals surface area contributed by atoms with Crippen LogP contribution in [0.5, 0.6) is 0 Å². The first-order chi connectivity index (χ1) is 6.42. The van der Waals surface area contributed by atoms with Crippen LogP contribution in [0.3, 0.4) is 0 Å². The van der Waals surface area contributed by atoms with E-state index < -0.39 is 0 Å². The molecule has 0 bridgehead atoms. The summed E-state index contributed by atoms with van der Waals surface area (Å²) in [6.07, 6.45) is 2.83. The molecule has 2 rings (SSSR count). The van der Waals surface area contributed by atoms with Gasteiger partial charge in [0, 0.05) is 11.9 Å². The zero-order valence-corrected chi connectivity index (χ0v) is 8.16. The third-order valence-electron chi connectivity index (χ3n) is 1.74. The third-order valence-corrected chi connectivity index (χ3v) is 2.33. The van der Waals surface area contributed by atoms with Crippen LogP contribution in [0.1, 0.15) is 13.3 Å². The van der Waals surface area contributed by atoms with Crippen LogP contribution in [0.4, 0.5) is 0 Å². The highest BCUT2D eigenvalue weighted by Gasteiger charge is 2.07. The van der Waals surface area contributed by atoms with E-state index in [1.165, 1.54) is 0 Å². The molecule has 2 aromatic rings. The second-order valence-corrected chi connectivity index (χ2v) is 3.44. The molecule has 5 heteroatoms. The van der Waals surface area contributed by atoms with Gasteiger partial charge in [-0.3, -0.25) is 0 Å². The van der Waals surface area contributed by atoms with E-state index in [1.54, 1.807) is 23.2 Å². The quantitative estimate of drug-likeness (QED) is 0.748. The summed E-state index contributed by atoms with van der Waals surface area (Å²) in [5.41, 5.74) is 2.72. The molecule has 2 heterocycles. The molecular formula is C8H10N4S. The van der Waals surface area contributed by atoms with E-state index >= 15 is 0 Å². The van der Waals surface area contributed by atoms with E-state index in [1.807, 2.05) is 9.95 Å². The summed E-state index contributed by atoms with van der Waals surface area (Å²) in [5.74, 6) is 0.864. The Labute approximate surface area is 80.3 Å². The molecular weight excluding hydrogens is 184 g/mol. The highest BCUT2D eigenvalue weighted by Crippen LogP contribution is 2.15. The van der Waals surface area contributed by atoms with Crippen molar-refractivity contribution >= 4 is 11.3 Å². The van der Waals surface area contributed by atoms with Gasteiger partial charge < -0.3 is 4.57 Å². The standard InChI is InChI=1S/C8H10N4S/c1-2-3-12-5-10-11-8(12)7-4-13-6-9-7/h4-6H,2-3H2,1H3. The van der Waals surface area contributed by atoms with Crippen molar-refractivity contribution in [3.05, 3.63) is 17.2 Å². The minimum Gasteiger partial charge on any atom is -0.312 e. The van der Waals surface area contributed by atoms with E-state index in [2.05, 4.69) is 22.1 Å². The zero-order valence-electron chi connectivity index (χ0n) is 7.34. The fraction of sp³-hybridized carbons (Fsp3) is 0.375. The van der Waals surface area contributed by atoms with E-state index in [4.69, 9.17) is 0 Å². The van der Waals surface area contributed by atoms with Gasteiger partial charge in [0.2, 0.25) is 0 Å². The van der Waals surface area contributed by atoms with Gasteiger partial charge in [0.25, 0.3) is 0 Å². The maximum Gasteiger partial charge on any atom is 0.183 e. The Morgan fingerprint density at radius 1 is 1.54 bits per heavy atom. The van der Waals surface area contributed by atoms with Crippen molar-refractivity contribution in [3.63, 3.8) is 0 Å². The van der Waals surface area contributed by atoms with Gasteiger partial charge in [-0.05, 0) is 6.42 Å². The predicted molar refractivity (Wildman–Crippen MR) is 51.4 cm³/mol. The SMILES string of the molecule is CCCn1cnnc1-c1cscn1. The first kappa shape index (κ1) is 8.37. The molecule has 0 amide bonds. The number of aryl methyl sites for hydroxylation is 1. The first-order valence-corrected chi connectivity index (χ1v) is 5.12. The van der Waals surface area contributed by atoms with Crippen molar-refractivity contribution < 1.29 is 0 Å². The second kappa shape index (κ2) is 3.66. The van der Waals surface area contributed by atoms with Crippen molar-refractivity contribution in [2.45, 2.75) is 19.9 Å². The summed E-state index contributed by atoms with van der Waals surface area (Å²) >= 11 is 1.57. The summed E-state index contributed by atoms with van der Waals surface area (Å²) in [7, 11) is 0. The predicted octanol–water partition coefficient (Wildman–Crippen LogP) is 1.81. The molecule has 0 fully saturated rings. The van der Waals surface area contributed by atoms with Crippen molar-refractivity contribution in [2.24, 2.45) is 0 Å². The van der Waals surface area contributed by atoms with Crippen LogP contribution in [0.15, 0.2) is 17.2 Å². The summed E-state index contributed by atoms with van der Waals surface area (Å²) < 4.78 is 2.02. The number of aromatic nitrogens is 4. The number of hydrogen-bond donors (Lipinski definition) is 0. The van der Waals surface area contributed by atoms with E-state index in [9.17, 15) is 0 Å². The lowest BCUT2D eigenvalue weighted by Gasteiger charge is -2.00. The van der Waals surface area contributed by atoms with Gasteiger partial charge in [0.15, 0.2) is 5.82 Å². The molecule has 0 saturated carbocycles. The Morgan fingerprint density at radius 3 is 3.15 bits per heavy atom.